The first-order valence-electron chi connectivity index (χ1n) is 6.34. The normalized spacial score (nSPS) is 25.4. The summed E-state index contributed by atoms with van der Waals surface area (Å²) in [6.45, 7) is 8.61. The lowest BCUT2D eigenvalue weighted by Crippen LogP contribution is -2.63. The molecule has 2 aliphatic heterocycles. The van der Waals surface area contributed by atoms with Crippen LogP contribution in [0.2, 0.25) is 0 Å². The van der Waals surface area contributed by atoms with Gasteiger partial charge in [-0.05, 0) is 20.8 Å². The topological polar surface area (TPSA) is 61.9 Å². The van der Waals surface area contributed by atoms with Gasteiger partial charge >= 0.3 is 6.09 Å². The number of carbonyl (C=O) groups is 2. The largest absolute Gasteiger partial charge is 0.444 e. The molecule has 6 heteroatoms. The Balaban J connectivity index is 1.91. The first-order valence-corrected chi connectivity index (χ1v) is 6.34. The minimum Gasteiger partial charge on any atom is -0.444 e. The Kier molecular flexibility index (Phi) is 3.47. The molecule has 2 saturated heterocycles. The summed E-state index contributed by atoms with van der Waals surface area (Å²) in [6.07, 6.45) is -0.265. The minimum atomic E-state index is -0.463. The van der Waals surface area contributed by atoms with E-state index in [1.165, 1.54) is 0 Å². The van der Waals surface area contributed by atoms with Crippen LogP contribution in [0.5, 0.6) is 0 Å². The Hall–Kier alpha value is -1.30. The van der Waals surface area contributed by atoms with Gasteiger partial charge in [-0.2, -0.15) is 0 Å². The molecule has 2 amide bonds. The third-order valence-electron chi connectivity index (χ3n) is 3.14. The van der Waals surface area contributed by atoms with Crippen LogP contribution >= 0.6 is 0 Å². The van der Waals surface area contributed by atoms with Gasteiger partial charge in [-0.25, -0.2) is 4.79 Å². The van der Waals surface area contributed by atoms with E-state index in [9.17, 15) is 9.59 Å². The predicted octanol–water partition coefficient (Wildman–Crippen LogP) is 0.0375. The summed E-state index contributed by atoms with van der Waals surface area (Å²) in [5, 5.41) is 2.83. The number of nitrogens with zero attached hydrogens (tertiary/aromatic N) is 2. The van der Waals surface area contributed by atoms with Gasteiger partial charge in [0.25, 0.3) is 0 Å². The van der Waals surface area contributed by atoms with Crippen LogP contribution in [0.25, 0.3) is 0 Å². The Morgan fingerprint density at radius 1 is 1.39 bits per heavy atom. The number of hydrogen-bond acceptors (Lipinski definition) is 4. The van der Waals surface area contributed by atoms with Crippen molar-refractivity contribution in [3.8, 4) is 0 Å². The number of rotatable bonds is 0. The van der Waals surface area contributed by atoms with E-state index < -0.39 is 5.60 Å². The number of fused-ring (bicyclic) bond motifs is 1. The molecule has 0 aliphatic carbocycles. The van der Waals surface area contributed by atoms with E-state index in [1.807, 2.05) is 20.8 Å². The fourth-order valence-electron chi connectivity index (χ4n) is 2.26. The van der Waals surface area contributed by atoms with Gasteiger partial charge < -0.3 is 15.0 Å². The van der Waals surface area contributed by atoms with Gasteiger partial charge in [0.05, 0.1) is 6.54 Å². The van der Waals surface area contributed by atoms with E-state index in [1.54, 1.807) is 4.90 Å². The second-order valence-electron chi connectivity index (χ2n) is 5.85. The number of ether oxygens (including phenoxy) is 1. The maximum absolute atomic E-state index is 12.0. The monoisotopic (exact) mass is 255 g/mol. The molecule has 2 aliphatic rings. The second kappa shape index (κ2) is 4.76. The number of hydrogen-bond donors (Lipinski definition) is 1. The highest BCUT2D eigenvalue weighted by Crippen LogP contribution is 2.15. The van der Waals surface area contributed by atoms with E-state index >= 15 is 0 Å². The predicted molar refractivity (Wildman–Crippen MR) is 66.2 cm³/mol. The van der Waals surface area contributed by atoms with Crippen molar-refractivity contribution in [3.63, 3.8) is 0 Å². The van der Waals surface area contributed by atoms with Gasteiger partial charge in [-0.15, -0.1) is 0 Å². The maximum atomic E-state index is 12.0. The van der Waals surface area contributed by atoms with Crippen molar-refractivity contribution in [2.45, 2.75) is 32.4 Å². The smallest absolute Gasteiger partial charge is 0.410 e. The Morgan fingerprint density at radius 2 is 2.11 bits per heavy atom. The molecular formula is C12H21N3O3. The lowest BCUT2D eigenvalue weighted by Gasteiger charge is -2.43. The molecule has 2 heterocycles. The van der Waals surface area contributed by atoms with Crippen LogP contribution in [0.4, 0.5) is 4.79 Å². The van der Waals surface area contributed by atoms with Gasteiger partial charge in [0.2, 0.25) is 5.91 Å². The molecule has 0 aromatic heterocycles. The number of carbonyl (C=O) groups excluding carboxylic acids is 2. The molecule has 1 N–H and O–H groups in total. The lowest BCUT2D eigenvalue weighted by molar-refractivity contribution is -0.126. The summed E-state index contributed by atoms with van der Waals surface area (Å²) in [5.41, 5.74) is -0.463. The standard InChI is InChI=1S/C12H21N3O3/c1-12(2,3)18-11(17)15-5-4-14-8-10(16)13-6-9(14)7-15/h9H,4-8H2,1-3H3,(H,13,16)/t9-/m1/s1. The van der Waals surface area contributed by atoms with Crippen molar-refractivity contribution in [2.24, 2.45) is 0 Å². The SMILES string of the molecule is CC(C)(C)OC(=O)N1CCN2CC(=O)NC[C@@H]2C1. The van der Waals surface area contributed by atoms with Crippen LogP contribution in [0.1, 0.15) is 20.8 Å². The molecule has 0 radical (unpaired) electrons. The van der Waals surface area contributed by atoms with Crippen molar-refractivity contribution >= 4 is 12.0 Å². The minimum absolute atomic E-state index is 0.0666. The van der Waals surface area contributed by atoms with Crippen LogP contribution in [-0.4, -0.2) is 66.2 Å². The molecule has 2 rings (SSSR count). The van der Waals surface area contributed by atoms with Crippen LogP contribution in [-0.2, 0) is 9.53 Å². The molecule has 0 saturated carbocycles. The number of nitrogens with one attached hydrogen (secondary N) is 1. The molecule has 102 valence electrons. The molecule has 0 aromatic carbocycles. The van der Waals surface area contributed by atoms with Crippen molar-refractivity contribution in [1.82, 2.24) is 15.1 Å². The van der Waals surface area contributed by atoms with Crippen LogP contribution < -0.4 is 5.32 Å². The average Bonchev–Trinajstić information content (AvgIpc) is 2.26. The van der Waals surface area contributed by atoms with Crippen molar-refractivity contribution < 1.29 is 14.3 Å². The highest BCUT2D eigenvalue weighted by atomic mass is 16.6. The summed E-state index contributed by atoms with van der Waals surface area (Å²) >= 11 is 0. The summed E-state index contributed by atoms with van der Waals surface area (Å²) in [7, 11) is 0. The fourth-order valence-corrected chi connectivity index (χ4v) is 2.26. The first kappa shape index (κ1) is 13.1. The third-order valence-corrected chi connectivity index (χ3v) is 3.14. The van der Waals surface area contributed by atoms with Gasteiger partial charge in [-0.3, -0.25) is 9.69 Å². The first-order chi connectivity index (χ1) is 8.35. The van der Waals surface area contributed by atoms with Gasteiger partial charge in [-0.1, -0.05) is 0 Å². The van der Waals surface area contributed by atoms with E-state index in [0.29, 0.717) is 26.2 Å². The molecule has 0 unspecified atom stereocenters. The molecule has 0 bridgehead atoms. The highest BCUT2D eigenvalue weighted by Gasteiger charge is 2.34. The zero-order valence-corrected chi connectivity index (χ0v) is 11.2. The summed E-state index contributed by atoms with van der Waals surface area (Å²) in [4.78, 5) is 27.1. The molecule has 6 nitrogen and oxygen atoms in total. The molecule has 0 aromatic rings. The van der Waals surface area contributed by atoms with E-state index in [0.717, 1.165) is 6.54 Å². The van der Waals surface area contributed by atoms with E-state index in [4.69, 9.17) is 4.74 Å². The molecule has 18 heavy (non-hydrogen) atoms. The highest BCUT2D eigenvalue weighted by molar-refractivity contribution is 5.79. The Morgan fingerprint density at radius 3 is 2.78 bits per heavy atom. The van der Waals surface area contributed by atoms with Crippen LogP contribution in [0.3, 0.4) is 0 Å². The zero-order chi connectivity index (χ0) is 13.3. The quantitative estimate of drug-likeness (QED) is 0.664. The van der Waals surface area contributed by atoms with E-state index in [2.05, 4.69) is 10.2 Å². The molecular weight excluding hydrogens is 234 g/mol. The van der Waals surface area contributed by atoms with Crippen LogP contribution in [0, 0.1) is 0 Å². The fraction of sp³-hybridized carbons (Fsp3) is 0.833. The molecule has 0 spiro atoms. The Bertz CT molecular complexity index is 351. The third kappa shape index (κ3) is 3.13. The maximum Gasteiger partial charge on any atom is 0.410 e. The summed E-state index contributed by atoms with van der Waals surface area (Å²) < 4.78 is 5.36. The van der Waals surface area contributed by atoms with Crippen molar-refractivity contribution in [1.29, 1.82) is 0 Å². The van der Waals surface area contributed by atoms with Crippen LogP contribution in [0.15, 0.2) is 0 Å². The summed E-state index contributed by atoms with van der Waals surface area (Å²) in [5.74, 6) is 0.0666. The van der Waals surface area contributed by atoms with Gasteiger partial charge in [0.15, 0.2) is 0 Å². The van der Waals surface area contributed by atoms with Gasteiger partial charge in [0, 0.05) is 32.2 Å². The average molecular weight is 255 g/mol. The second-order valence-corrected chi connectivity index (χ2v) is 5.85. The summed E-state index contributed by atoms with van der Waals surface area (Å²) in [6, 6.07) is 0.212. The van der Waals surface area contributed by atoms with Crippen molar-refractivity contribution in [3.05, 3.63) is 0 Å². The zero-order valence-electron chi connectivity index (χ0n) is 11.2. The molecule has 1 atom stereocenters. The number of piperazine rings is 2. The Labute approximate surface area is 107 Å². The number of amides is 2. The van der Waals surface area contributed by atoms with Crippen molar-refractivity contribution in [2.75, 3.05) is 32.7 Å². The van der Waals surface area contributed by atoms with E-state index in [-0.39, 0.29) is 18.0 Å². The van der Waals surface area contributed by atoms with Gasteiger partial charge in [0.1, 0.15) is 5.60 Å². The molecule has 2 fully saturated rings. The lowest BCUT2D eigenvalue weighted by atomic mass is 10.1.